The molecule has 1 fully saturated rings. The first kappa shape index (κ1) is 87.3. The highest BCUT2D eigenvalue weighted by Crippen LogP contribution is 2.44. The van der Waals surface area contributed by atoms with Crippen molar-refractivity contribution in [2.75, 3.05) is 107 Å². The number of carbonyl (C=O) groups excluding carboxylic acids is 9. The van der Waals surface area contributed by atoms with Gasteiger partial charge < -0.3 is 82.2 Å². The Labute approximate surface area is 699 Å². The Bertz CT molecular complexity index is 5190. The first-order chi connectivity index (χ1) is 57.3. The molecule has 4 aliphatic rings. The molecule has 4 aliphatic heterocycles. The number of rotatable bonds is 25. The maximum atomic E-state index is 13.7. The van der Waals surface area contributed by atoms with Crippen LogP contribution in [0.3, 0.4) is 0 Å². The standard InChI is InChI=1S/C35H38N8O4.C27H37N7O3.C27H33N7O2/c1-6-29(44)36-25-17-15-23(16-18-25)32(45)37-26-14-10-13-24(19-26)33(46)39-31-27-20-43(35(2,3)30(27)40-41-31)34(47)38-28(21-42(4)5)22-11-8-7-9-12-22;1-6-22(35)33-14-10-13-19(15-33)25(36)29-24-20-16-34(27(2,3)23(20)30-31-24)26(37)28-21(17-32(4)5)18-11-8-7-9-12-18;1-6-23(35)28-19-12-14-20(15-13-19)29-25-21-16-34(27(2,3)24(21)31-32-25)26(36)30-22(17-33(4)5)18-10-8-7-9-11-18/h6-19,28H,1,20-21H2,2-5H3,(H,36,44)(H,37,45)(H,38,47)(H2,39,40,41,46);6-9,11-12,19,21H,1,10,13-17H2,2-5H3,(H,28,37)(H2,29,30,31,36);6-15,22H,1,16-17H2,2-5H3,(H,28,35)(H,30,36)(H2,29,31,32)/t28-;19-,21-;22-/m111/s1. The second kappa shape index (κ2) is 38.3. The molecule has 12 N–H and O–H groups in total. The summed E-state index contributed by atoms with van der Waals surface area (Å²) < 4.78 is 0. The number of fused-ring (bicyclic) bond motifs is 3. The number of aromatic amines is 3. The van der Waals surface area contributed by atoms with Gasteiger partial charge in [-0.1, -0.05) is 117 Å². The highest BCUT2D eigenvalue weighted by Gasteiger charge is 2.48. The van der Waals surface area contributed by atoms with E-state index in [1.54, 1.807) is 75.4 Å². The lowest BCUT2D eigenvalue weighted by molar-refractivity contribution is -0.130. The molecule has 12 amide bonds. The number of hydrogen-bond acceptors (Lipinski definition) is 16. The first-order valence-corrected chi connectivity index (χ1v) is 39.6. The molecule has 6 aromatic carbocycles. The Kier molecular flexibility index (Phi) is 27.8. The van der Waals surface area contributed by atoms with Crippen LogP contribution in [0, 0.1) is 5.92 Å². The fraction of sp³-hybridized carbons (Fsp3) is 0.326. The predicted molar refractivity (Wildman–Crippen MR) is 465 cm³/mol. The van der Waals surface area contributed by atoms with Crippen LogP contribution < -0.4 is 47.9 Å². The third-order valence-corrected chi connectivity index (χ3v) is 21.6. The van der Waals surface area contributed by atoms with E-state index in [9.17, 15) is 43.2 Å². The second-order valence-corrected chi connectivity index (χ2v) is 32.2. The lowest BCUT2D eigenvalue weighted by atomic mass is 9.97. The molecule has 0 saturated carbocycles. The van der Waals surface area contributed by atoms with E-state index in [1.165, 1.54) is 12.2 Å². The molecule has 0 bridgehead atoms. The number of amides is 12. The molecule has 0 spiro atoms. The van der Waals surface area contributed by atoms with E-state index in [0.717, 1.165) is 68.6 Å². The van der Waals surface area contributed by atoms with Crippen molar-refractivity contribution in [3.8, 4) is 0 Å². The molecule has 120 heavy (non-hydrogen) atoms. The largest absolute Gasteiger partial charge is 0.338 e. The molecule has 9 aromatic rings. The van der Waals surface area contributed by atoms with Crippen LogP contribution in [0.1, 0.15) is 144 Å². The van der Waals surface area contributed by atoms with Crippen LogP contribution in [0.5, 0.6) is 0 Å². The van der Waals surface area contributed by atoms with Crippen LogP contribution in [-0.4, -0.2) is 193 Å². The smallest absolute Gasteiger partial charge is 0.319 e. The maximum Gasteiger partial charge on any atom is 0.319 e. The summed E-state index contributed by atoms with van der Waals surface area (Å²) >= 11 is 0. The third kappa shape index (κ3) is 20.9. The molecular weight excluding hydrogens is 1520 g/mol. The average molecular weight is 1630 g/mol. The van der Waals surface area contributed by atoms with Gasteiger partial charge in [0, 0.05) is 83.3 Å². The van der Waals surface area contributed by atoms with Crippen LogP contribution in [0.15, 0.2) is 202 Å². The Morgan fingerprint density at radius 3 is 1.23 bits per heavy atom. The SMILES string of the molecule is C=CC(=O)N1CCC[C@@H](C(=O)Nc2n[nH]c3c2CN(C(=O)N[C@H](CN(C)C)c2ccccc2)C3(C)C)C1.C=CC(=O)Nc1ccc(C(=O)Nc2cccc(C(=O)Nc3n[nH]c4c3CN(C(=O)N[C@H](CN(C)C)c3ccccc3)C4(C)C)c2)cc1.C=CC(=O)Nc1ccc(Nc2n[nH]c3c2CN(C(=O)N[C@H](CN(C)C)c2ccccc2)C3(C)C)cc1. The van der Waals surface area contributed by atoms with Gasteiger partial charge in [0.2, 0.25) is 23.6 Å². The minimum absolute atomic E-state index is 0.131. The van der Waals surface area contributed by atoms with Gasteiger partial charge in [0.25, 0.3) is 11.8 Å². The average Bonchev–Trinajstić information content (AvgIpc) is 1.60. The van der Waals surface area contributed by atoms with Crippen molar-refractivity contribution in [1.82, 2.24) is 80.8 Å². The topological polar surface area (TPSA) is 371 Å². The van der Waals surface area contributed by atoms with E-state index in [-0.39, 0.29) is 78.2 Å². The quantitative estimate of drug-likeness (QED) is 0.0237. The van der Waals surface area contributed by atoms with E-state index in [2.05, 4.69) is 103 Å². The number of aromatic nitrogens is 6. The van der Waals surface area contributed by atoms with E-state index in [4.69, 9.17) is 0 Å². The van der Waals surface area contributed by atoms with Crippen molar-refractivity contribution < 1.29 is 43.2 Å². The van der Waals surface area contributed by atoms with Crippen molar-refractivity contribution >= 4 is 93.7 Å². The minimum Gasteiger partial charge on any atom is -0.338 e. The second-order valence-electron chi connectivity index (χ2n) is 32.2. The highest BCUT2D eigenvalue weighted by atomic mass is 16.2. The van der Waals surface area contributed by atoms with Crippen LogP contribution in [-0.2, 0) is 55.4 Å². The number of hydrogen-bond donors (Lipinski definition) is 12. The zero-order chi connectivity index (χ0) is 86.3. The summed E-state index contributed by atoms with van der Waals surface area (Å²) in [5.41, 5.74) is 9.21. The van der Waals surface area contributed by atoms with Gasteiger partial charge in [-0.2, -0.15) is 15.3 Å². The van der Waals surface area contributed by atoms with E-state index >= 15 is 0 Å². The number of H-pyrrole nitrogens is 3. The fourth-order valence-electron chi connectivity index (χ4n) is 15.1. The predicted octanol–water partition coefficient (Wildman–Crippen LogP) is 12.3. The molecule has 0 aliphatic carbocycles. The van der Waals surface area contributed by atoms with Crippen LogP contribution in [0.4, 0.5) is 54.6 Å². The molecule has 0 unspecified atom stereocenters. The van der Waals surface area contributed by atoms with Crippen molar-refractivity contribution in [2.24, 2.45) is 5.92 Å². The summed E-state index contributed by atoms with van der Waals surface area (Å²) in [6.45, 7) is 26.2. The third-order valence-electron chi connectivity index (χ3n) is 21.6. The molecule has 31 heteroatoms. The molecule has 628 valence electrons. The first-order valence-electron chi connectivity index (χ1n) is 39.6. The van der Waals surface area contributed by atoms with Crippen molar-refractivity contribution in [3.05, 3.63) is 263 Å². The maximum absolute atomic E-state index is 13.7. The van der Waals surface area contributed by atoms with Gasteiger partial charge in [0.1, 0.15) is 0 Å². The van der Waals surface area contributed by atoms with Gasteiger partial charge in [-0.05, 0) is 198 Å². The summed E-state index contributed by atoms with van der Waals surface area (Å²) in [7, 11) is 11.9. The fourth-order valence-corrected chi connectivity index (χ4v) is 15.1. The number of urea groups is 3. The number of piperidine rings is 1. The summed E-state index contributed by atoms with van der Waals surface area (Å²) in [4.78, 5) is 128. The van der Waals surface area contributed by atoms with Crippen LogP contribution >= 0.6 is 0 Å². The highest BCUT2D eigenvalue weighted by molar-refractivity contribution is 6.08. The Hall–Kier alpha value is -13.5. The Morgan fingerprint density at radius 2 is 0.825 bits per heavy atom. The van der Waals surface area contributed by atoms with Crippen molar-refractivity contribution in [2.45, 2.75) is 109 Å². The molecule has 13 rings (SSSR count). The van der Waals surface area contributed by atoms with Gasteiger partial charge in [0.15, 0.2) is 17.5 Å². The summed E-state index contributed by atoms with van der Waals surface area (Å²) in [5, 5.41) is 49.3. The van der Waals surface area contributed by atoms with Gasteiger partial charge in [-0.15, -0.1) is 0 Å². The molecule has 4 atom stereocenters. The number of likely N-dealkylation sites (N-methyl/N-ethyl adjacent to an activating group) is 3. The molecule has 1 saturated heterocycles. The number of benzene rings is 6. The summed E-state index contributed by atoms with van der Waals surface area (Å²) in [5.74, 6) is -0.638. The zero-order valence-electron chi connectivity index (χ0n) is 70.0. The van der Waals surface area contributed by atoms with Gasteiger partial charge in [-0.25, -0.2) is 14.4 Å². The van der Waals surface area contributed by atoms with Gasteiger partial charge >= 0.3 is 18.1 Å². The lowest BCUT2D eigenvalue weighted by Crippen LogP contribution is -2.48. The normalized spacial score (nSPS) is 15.8. The number of anilines is 7. The molecule has 7 heterocycles. The molecule has 0 radical (unpaired) electrons. The van der Waals surface area contributed by atoms with Crippen LogP contribution in [0.2, 0.25) is 0 Å². The van der Waals surface area contributed by atoms with E-state index in [0.29, 0.717) is 97.9 Å². The van der Waals surface area contributed by atoms with Crippen molar-refractivity contribution in [1.29, 1.82) is 0 Å². The van der Waals surface area contributed by atoms with E-state index < -0.39 is 22.5 Å². The Balaban J connectivity index is 0.000000178. The summed E-state index contributed by atoms with van der Waals surface area (Å²) in [6.07, 6.45) is 5.13. The summed E-state index contributed by atoms with van der Waals surface area (Å²) in [6, 6.07) is 48.9. The minimum atomic E-state index is -0.714. The monoisotopic (exact) mass is 1630 g/mol. The number of likely N-dealkylation sites (tertiary alicyclic amines) is 1. The van der Waals surface area contributed by atoms with Gasteiger partial charge in [0.05, 0.1) is 77.4 Å². The lowest BCUT2D eigenvalue weighted by Gasteiger charge is -2.34. The number of carbonyl (C=O) groups is 9. The number of nitrogens with zero attached hydrogens (tertiary/aromatic N) is 10. The molecular formula is C89H108N22O9. The van der Waals surface area contributed by atoms with Crippen molar-refractivity contribution in [3.63, 3.8) is 0 Å². The Morgan fingerprint density at radius 1 is 0.442 bits per heavy atom. The van der Waals surface area contributed by atoms with Crippen LogP contribution in [0.25, 0.3) is 0 Å². The van der Waals surface area contributed by atoms with Gasteiger partial charge in [-0.3, -0.25) is 44.1 Å². The molecule has 3 aromatic heterocycles. The number of nitrogens with one attached hydrogen (secondary N) is 12. The molecule has 31 nitrogen and oxygen atoms in total. The zero-order valence-corrected chi connectivity index (χ0v) is 70.0. The van der Waals surface area contributed by atoms with E-state index in [1.807, 2.05) is 202 Å².